The summed E-state index contributed by atoms with van der Waals surface area (Å²) in [6.45, 7) is -0.735. The number of amides is 6. The molecule has 76 heavy (non-hydrogen) atoms. The maximum atomic E-state index is 14.6. The Bertz CT molecular complexity index is 2490. The summed E-state index contributed by atoms with van der Waals surface area (Å²) >= 11 is 0. The molecule has 4 rings (SSSR count). The Morgan fingerprint density at radius 2 is 1.28 bits per heavy atom. The minimum Gasteiger partial charge on any atom is -0.508 e. The molecule has 0 unspecified atom stereocenters. The fourth-order valence-corrected chi connectivity index (χ4v) is 8.29. The van der Waals surface area contributed by atoms with Crippen molar-refractivity contribution in [3.05, 3.63) is 77.9 Å². The van der Waals surface area contributed by atoms with Crippen molar-refractivity contribution >= 4 is 70.1 Å². The number of hydrogen-bond donors (Lipinski definition) is 13. The Balaban J connectivity index is 1.59. The third-order valence-electron chi connectivity index (χ3n) is 12.2. The number of phenolic OH excluding ortho intramolecular Hbond substituents is 1. The van der Waals surface area contributed by atoms with Gasteiger partial charge in [0.05, 0.1) is 32.7 Å². The molecule has 1 aliphatic heterocycles. The van der Waals surface area contributed by atoms with Crippen LogP contribution in [0.25, 0.3) is 10.8 Å². The van der Waals surface area contributed by atoms with E-state index in [-0.39, 0.29) is 129 Å². The summed E-state index contributed by atoms with van der Waals surface area (Å²) in [5, 5.41) is 58.4. The molecule has 0 radical (unpaired) electrons. The molecule has 0 spiro atoms. The smallest absolute Gasteiger partial charge is 0.317 e. The predicted octanol–water partition coefficient (Wildman–Crippen LogP) is -3.27. The van der Waals surface area contributed by atoms with Crippen LogP contribution in [0.5, 0.6) is 5.75 Å². The quantitative estimate of drug-likeness (QED) is 0.0184. The maximum absolute atomic E-state index is 14.6. The van der Waals surface area contributed by atoms with Gasteiger partial charge in [-0.05, 0) is 59.7 Å². The first kappa shape index (κ1) is 60.6. The van der Waals surface area contributed by atoms with Gasteiger partial charge in [-0.25, -0.2) is 0 Å². The first-order valence-electron chi connectivity index (χ1n) is 24.8. The third kappa shape index (κ3) is 22.3. The van der Waals surface area contributed by atoms with E-state index >= 15 is 0 Å². The van der Waals surface area contributed by atoms with Crippen LogP contribution in [0.15, 0.2) is 71.7 Å². The van der Waals surface area contributed by atoms with Gasteiger partial charge in [-0.3, -0.25) is 57.9 Å². The van der Waals surface area contributed by atoms with Crippen LogP contribution in [0.4, 0.5) is 0 Å². The zero-order valence-corrected chi connectivity index (χ0v) is 42.5. The van der Waals surface area contributed by atoms with Gasteiger partial charge in [-0.2, -0.15) is 0 Å². The van der Waals surface area contributed by atoms with E-state index in [1.54, 1.807) is 21.9 Å². The van der Waals surface area contributed by atoms with Gasteiger partial charge in [-0.15, -0.1) is 0 Å². The topological polar surface area (TPSA) is 393 Å². The lowest BCUT2D eigenvalue weighted by atomic mass is 10.00. The maximum Gasteiger partial charge on any atom is 0.317 e. The summed E-state index contributed by atoms with van der Waals surface area (Å²) in [6.07, 6.45) is 0.104. The van der Waals surface area contributed by atoms with E-state index in [4.69, 9.17) is 21.7 Å². The molecular weight excluding hydrogens is 991 g/mol. The number of nitrogens with two attached hydrogens (primary N) is 2. The Morgan fingerprint density at radius 3 is 1.91 bits per heavy atom. The third-order valence-corrected chi connectivity index (χ3v) is 12.2. The van der Waals surface area contributed by atoms with Crippen LogP contribution < -0.4 is 48.7 Å². The number of likely N-dealkylation sites (N-methyl/N-ethyl adjacent to an activating group) is 1. The average Bonchev–Trinajstić information content (AvgIpc) is 3.37. The summed E-state index contributed by atoms with van der Waals surface area (Å²) in [4.78, 5) is 127. The molecule has 3 aromatic rings. The number of benzene rings is 3. The van der Waals surface area contributed by atoms with Gasteiger partial charge in [0, 0.05) is 72.2 Å². The van der Waals surface area contributed by atoms with Crippen molar-refractivity contribution in [2.24, 2.45) is 16.5 Å². The van der Waals surface area contributed by atoms with Gasteiger partial charge in [0.2, 0.25) is 35.4 Å². The van der Waals surface area contributed by atoms with Crippen molar-refractivity contribution in [3.8, 4) is 5.75 Å². The standard InChI is InChI=1S/C50H71N13O13/c1-61-40(9-5-16-55-42(66)30-62(20-18-53-28-43(67)68)22-23-63(31-45(71)72)21-19-54-29-44(69)70)48(75)59-37(8-4-17-56-50(51)52)47(74)60-38(26-33-10-13-34-6-2-3-7-35(34)24-33)46(73)57-27-41(65)58-39(49(61)76)25-32-11-14-36(64)15-12-32/h2-3,6-7,10-15,24,37-40,53-54,64H,4-5,8-9,16-23,25-31H2,1H3,(H,55,66)(H,57,73)(H,58,65)(H,59,75)(H,60,74)(H,67,68)(H,69,70)(H,71,72)(H4,51,52,56)/t37-,38-,39+,40+/m0/s1. The minimum atomic E-state index is -1.31. The molecule has 0 bridgehead atoms. The monoisotopic (exact) mass is 1060 g/mol. The number of guanidine groups is 1. The normalized spacial score (nSPS) is 17.7. The summed E-state index contributed by atoms with van der Waals surface area (Å²) in [7, 11) is 1.36. The van der Waals surface area contributed by atoms with Crippen LogP contribution in [0.2, 0.25) is 0 Å². The van der Waals surface area contributed by atoms with Crippen LogP contribution >= 0.6 is 0 Å². The number of fused-ring (bicyclic) bond motifs is 1. The molecule has 1 heterocycles. The van der Waals surface area contributed by atoms with E-state index in [9.17, 15) is 53.4 Å². The lowest BCUT2D eigenvalue weighted by molar-refractivity contribution is -0.142. The van der Waals surface area contributed by atoms with Gasteiger partial charge >= 0.3 is 17.9 Å². The lowest BCUT2D eigenvalue weighted by Crippen LogP contribution is -2.58. The highest BCUT2D eigenvalue weighted by atomic mass is 16.4. The number of phenols is 1. The number of aliphatic imine (C=N–C) groups is 1. The van der Waals surface area contributed by atoms with Crippen molar-refractivity contribution in [2.45, 2.75) is 62.7 Å². The van der Waals surface area contributed by atoms with Crippen molar-refractivity contribution in [2.75, 3.05) is 92.1 Å². The van der Waals surface area contributed by atoms with Gasteiger partial charge in [-0.1, -0.05) is 54.6 Å². The van der Waals surface area contributed by atoms with E-state index in [2.05, 4.69) is 42.2 Å². The predicted molar refractivity (Wildman–Crippen MR) is 279 cm³/mol. The Morgan fingerprint density at radius 1 is 0.671 bits per heavy atom. The molecule has 1 saturated heterocycles. The summed E-state index contributed by atoms with van der Waals surface area (Å²) < 4.78 is 0. The molecule has 0 aromatic heterocycles. The molecule has 26 heteroatoms. The highest BCUT2D eigenvalue weighted by Gasteiger charge is 2.35. The zero-order valence-electron chi connectivity index (χ0n) is 42.5. The molecule has 1 aliphatic rings. The number of rotatable bonds is 29. The van der Waals surface area contributed by atoms with E-state index < -0.39 is 84.1 Å². The lowest BCUT2D eigenvalue weighted by Gasteiger charge is -2.32. The highest BCUT2D eigenvalue weighted by Crippen LogP contribution is 2.18. The number of nitrogens with zero attached hydrogens (tertiary/aromatic N) is 4. The van der Waals surface area contributed by atoms with Crippen LogP contribution in [0.1, 0.15) is 36.8 Å². The number of carboxylic acids is 3. The molecule has 0 saturated carbocycles. The molecule has 26 nitrogen and oxygen atoms in total. The van der Waals surface area contributed by atoms with Gasteiger partial charge < -0.3 is 74.0 Å². The van der Waals surface area contributed by atoms with Crippen molar-refractivity contribution in [3.63, 3.8) is 0 Å². The van der Waals surface area contributed by atoms with Crippen LogP contribution in [0, 0.1) is 0 Å². The number of carboxylic acid groups (broad SMARTS) is 3. The molecular formula is C50H71N13O13. The molecule has 6 amide bonds. The second kappa shape index (κ2) is 31.7. The fourth-order valence-electron chi connectivity index (χ4n) is 8.29. The first-order valence-corrected chi connectivity index (χ1v) is 24.8. The summed E-state index contributed by atoms with van der Waals surface area (Å²) in [5.74, 6) is -7.69. The first-order chi connectivity index (χ1) is 36.3. The van der Waals surface area contributed by atoms with Crippen molar-refractivity contribution in [1.29, 1.82) is 0 Å². The Labute approximate surface area is 439 Å². The molecule has 0 aliphatic carbocycles. The number of nitrogens with one attached hydrogen (secondary N) is 7. The highest BCUT2D eigenvalue weighted by molar-refractivity contribution is 5.97. The van der Waals surface area contributed by atoms with Crippen LogP contribution in [-0.4, -0.2) is 211 Å². The number of aliphatic carboxylic acids is 3. The SMILES string of the molecule is CN1C(=O)[C@@H](Cc2ccc(O)cc2)NC(=O)CNC(=O)[C@H](Cc2ccc3ccccc3c2)NC(=O)[C@H](CCCN=C(N)N)NC(=O)[C@H]1CCCNC(=O)CN(CCNCC(=O)O)CCN(CCNCC(=O)O)CC(=O)O. The number of hydrogen-bond acceptors (Lipinski definition) is 15. The van der Waals surface area contributed by atoms with E-state index in [1.165, 1.54) is 19.2 Å². The average molecular weight is 1060 g/mol. The number of carbonyl (C=O) groups is 9. The van der Waals surface area contributed by atoms with Crippen molar-refractivity contribution < 1.29 is 63.6 Å². The largest absolute Gasteiger partial charge is 0.508 e. The second-order valence-corrected chi connectivity index (χ2v) is 18.2. The van der Waals surface area contributed by atoms with E-state index in [1.807, 2.05) is 42.5 Å². The van der Waals surface area contributed by atoms with Gasteiger partial charge in [0.1, 0.15) is 29.9 Å². The van der Waals surface area contributed by atoms with Crippen LogP contribution in [-0.2, 0) is 56.0 Å². The molecule has 1 fully saturated rings. The summed E-state index contributed by atoms with van der Waals surface area (Å²) in [6, 6.07) is 13.9. The molecule has 4 atom stereocenters. The van der Waals surface area contributed by atoms with Gasteiger partial charge in [0.15, 0.2) is 5.96 Å². The second-order valence-electron chi connectivity index (χ2n) is 18.2. The molecule has 3 aromatic carbocycles. The molecule has 414 valence electrons. The summed E-state index contributed by atoms with van der Waals surface area (Å²) in [5.41, 5.74) is 12.3. The Hall–Kier alpha value is -7.94. The number of aromatic hydroxyl groups is 1. The Kier molecular flexibility index (Phi) is 25.3. The minimum absolute atomic E-state index is 0.00578. The van der Waals surface area contributed by atoms with E-state index in [0.29, 0.717) is 11.1 Å². The van der Waals surface area contributed by atoms with Gasteiger partial charge in [0.25, 0.3) is 0 Å². The van der Waals surface area contributed by atoms with Crippen LogP contribution in [0.3, 0.4) is 0 Å². The van der Waals surface area contributed by atoms with E-state index in [0.717, 1.165) is 15.7 Å². The zero-order chi connectivity index (χ0) is 55.6. The fraction of sp³-hybridized carbons (Fsp3) is 0.480. The van der Waals surface area contributed by atoms with Crippen molar-refractivity contribution in [1.82, 2.24) is 51.9 Å². The molecule has 15 N–H and O–H groups in total. The number of carbonyl (C=O) groups excluding carboxylic acids is 6.